The second kappa shape index (κ2) is 8.06. The van der Waals surface area contributed by atoms with Crippen molar-refractivity contribution in [3.05, 3.63) is 0 Å². The van der Waals surface area contributed by atoms with Crippen LogP contribution in [0.4, 0.5) is 0 Å². The minimum Gasteiger partial charge on any atom is -0.481 e. The Morgan fingerprint density at radius 1 is 1.35 bits per heavy atom. The number of hydrogen-bond acceptors (Lipinski definition) is 3. The van der Waals surface area contributed by atoms with Crippen LogP contribution in [0.2, 0.25) is 0 Å². The van der Waals surface area contributed by atoms with E-state index in [4.69, 9.17) is 10.8 Å². The average Bonchev–Trinajstić information content (AvgIpc) is 2.25. The third kappa shape index (κ3) is 6.26. The van der Waals surface area contributed by atoms with Crippen LogP contribution >= 0.6 is 0 Å². The first-order valence-corrected chi connectivity index (χ1v) is 6.13. The Bertz CT molecular complexity index is 256. The third-order valence-electron chi connectivity index (χ3n) is 2.92. The summed E-state index contributed by atoms with van der Waals surface area (Å²) >= 11 is 0. The van der Waals surface area contributed by atoms with Crippen molar-refractivity contribution in [1.29, 1.82) is 0 Å². The molecule has 0 aromatic heterocycles. The molecule has 1 amide bonds. The normalized spacial score (nSPS) is 14.1. The Kier molecular flexibility index (Phi) is 7.54. The van der Waals surface area contributed by atoms with E-state index in [2.05, 4.69) is 0 Å². The maximum absolute atomic E-state index is 11.9. The summed E-state index contributed by atoms with van der Waals surface area (Å²) in [7, 11) is 0. The Balaban J connectivity index is 4.24. The molecule has 5 nitrogen and oxygen atoms in total. The fourth-order valence-corrected chi connectivity index (χ4v) is 1.73. The van der Waals surface area contributed by atoms with Gasteiger partial charge in [0.05, 0.1) is 6.42 Å². The summed E-state index contributed by atoms with van der Waals surface area (Å²) in [5.74, 6) is -0.534. The number of amides is 1. The van der Waals surface area contributed by atoms with Crippen molar-refractivity contribution in [2.45, 2.75) is 46.1 Å². The summed E-state index contributed by atoms with van der Waals surface area (Å²) in [4.78, 5) is 24.1. The van der Waals surface area contributed by atoms with Gasteiger partial charge in [-0.15, -0.1) is 0 Å². The van der Waals surface area contributed by atoms with Gasteiger partial charge in [-0.1, -0.05) is 6.92 Å². The van der Waals surface area contributed by atoms with E-state index in [0.29, 0.717) is 25.4 Å². The number of carboxylic acids is 1. The molecule has 0 fully saturated rings. The highest BCUT2D eigenvalue weighted by molar-refractivity contribution is 5.77. The zero-order chi connectivity index (χ0) is 13.4. The van der Waals surface area contributed by atoms with Gasteiger partial charge in [-0.3, -0.25) is 9.59 Å². The van der Waals surface area contributed by atoms with E-state index in [-0.39, 0.29) is 18.4 Å². The second-order valence-electron chi connectivity index (χ2n) is 4.51. The minimum absolute atomic E-state index is 0.00791. The number of nitrogens with zero attached hydrogens (tertiary/aromatic N) is 1. The van der Waals surface area contributed by atoms with Crippen molar-refractivity contribution < 1.29 is 14.7 Å². The lowest BCUT2D eigenvalue weighted by Gasteiger charge is -2.27. The highest BCUT2D eigenvalue weighted by Crippen LogP contribution is 2.10. The molecule has 0 saturated heterocycles. The van der Waals surface area contributed by atoms with Gasteiger partial charge in [-0.2, -0.15) is 0 Å². The second-order valence-corrected chi connectivity index (χ2v) is 4.51. The summed E-state index contributed by atoms with van der Waals surface area (Å²) < 4.78 is 0. The quantitative estimate of drug-likeness (QED) is 0.669. The molecule has 0 rings (SSSR count). The van der Waals surface area contributed by atoms with Crippen LogP contribution < -0.4 is 5.73 Å². The van der Waals surface area contributed by atoms with Crippen LogP contribution in [-0.4, -0.2) is 41.0 Å². The monoisotopic (exact) mass is 244 g/mol. The Hall–Kier alpha value is -1.10. The molecule has 0 aliphatic carbocycles. The molecule has 0 radical (unpaired) electrons. The molecule has 0 aliphatic rings. The molecule has 2 atom stereocenters. The van der Waals surface area contributed by atoms with Crippen LogP contribution in [0.15, 0.2) is 0 Å². The summed E-state index contributed by atoms with van der Waals surface area (Å²) in [6.07, 6.45) is 1.19. The van der Waals surface area contributed by atoms with Crippen LogP contribution in [0.25, 0.3) is 0 Å². The summed E-state index contributed by atoms with van der Waals surface area (Å²) in [6.45, 7) is 6.75. The minimum atomic E-state index is -0.876. The number of carbonyl (C=O) groups excluding carboxylic acids is 1. The van der Waals surface area contributed by atoms with Gasteiger partial charge in [-0.25, -0.2) is 0 Å². The van der Waals surface area contributed by atoms with Gasteiger partial charge in [0, 0.05) is 19.0 Å². The molecule has 0 aromatic carbocycles. The van der Waals surface area contributed by atoms with E-state index in [1.807, 2.05) is 13.8 Å². The van der Waals surface area contributed by atoms with E-state index in [0.717, 1.165) is 6.42 Å². The maximum Gasteiger partial charge on any atom is 0.305 e. The fourth-order valence-electron chi connectivity index (χ4n) is 1.73. The molecule has 2 unspecified atom stereocenters. The lowest BCUT2D eigenvalue weighted by molar-refractivity contribution is -0.140. The molecule has 0 heterocycles. The van der Waals surface area contributed by atoms with E-state index in [1.54, 1.807) is 11.8 Å². The zero-order valence-corrected chi connectivity index (χ0v) is 11.0. The molecule has 0 aliphatic heterocycles. The standard InChI is InChI=1S/C12H24N2O3/c1-4-14(10(3)7-12(16)17)11(15)6-5-9(2)8-13/h9-10H,4-8,13H2,1-3H3,(H,16,17). The van der Waals surface area contributed by atoms with Crippen molar-refractivity contribution in [2.24, 2.45) is 11.7 Å². The molecule has 0 saturated carbocycles. The number of rotatable bonds is 8. The third-order valence-corrected chi connectivity index (χ3v) is 2.92. The SMILES string of the molecule is CCN(C(=O)CCC(C)CN)C(C)CC(=O)O. The summed E-state index contributed by atoms with van der Waals surface area (Å²) in [6, 6.07) is -0.252. The predicted molar refractivity (Wildman–Crippen MR) is 66.6 cm³/mol. The maximum atomic E-state index is 11.9. The smallest absolute Gasteiger partial charge is 0.305 e. The Morgan fingerprint density at radius 3 is 2.35 bits per heavy atom. The van der Waals surface area contributed by atoms with Gasteiger partial charge in [-0.05, 0) is 32.7 Å². The van der Waals surface area contributed by atoms with Crippen LogP contribution in [0.3, 0.4) is 0 Å². The first-order chi connectivity index (χ1) is 7.92. The molecule has 0 aromatic rings. The highest BCUT2D eigenvalue weighted by Gasteiger charge is 2.20. The number of aliphatic carboxylic acids is 1. The van der Waals surface area contributed by atoms with E-state index >= 15 is 0 Å². The molecule has 3 N–H and O–H groups in total. The molecule has 0 spiro atoms. The number of carbonyl (C=O) groups is 2. The van der Waals surface area contributed by atoms with Crippen LogP contribution in [0, 0.1) is 5.92 Å². The topological polar surface area (TPSA) is 83.6 Å². The molecular formula is C12H24N2O3. The van der Waals surface area contributed by atoms with E-state index < -0.39 is 5.97 Å². The van der Waals surface area contributed by atoms with Gasteiger partial charge in [0.25, 0.3) is 0 Å². The van der Waals surface area contributed by atoms with Crippen molar-refractivity contribution in [1.82, 2.24) is 4.90 Å². The fraction of sp³-hybridized carbons (Fsp3) is 0.833. The van der Waals surface area contributed by atoms with Crippen molar-refractivity contribution >= 4 is 11.9 Å². The highest BCUT2D eigenvalue weighted by atomic mass is 16.4. The molecule has 100 valence electrons. The van der Waals surface area contributed by atoms with Crippen molar-refractivity contribution in [3.63, 3.8) is 0 Å². The van der Waals surface area contributed by atoms with Crippen LogP contribution in [0.5, 0.6) is 0 Å². The summed E-state index contributed by atoms with van der Waals surface area (Å²) in [5.41, 5.74) is 5.49. The number of carboxylic acid groups (broad SMARTS) is 1. The van der Waals surface area contributed by atoms with Crippen LogP contribution in [-0.2, 0) is 9.59 Å². The Morgan fingerprint density at radius 2 is 1.94 bits per heavy atom. The lowest BCUT2D eigenvalue weighted by atomic mass is 10.0. The number of hydrogen-bond donors (Lipinski definition) is 2. The van der Waals surface area contributed by atoms with Gasteiger partial charge in [0.2, 0.25) is 5.91 Å². The first kappa shape index (κ1) is 15.9. The van der Waals surface area contributed by atoms with E-state index in [1.165, 1.54) is 0 Å². The largest absolute Gasteiger partial charge is 0.481 e. The van der Waals surface area contributed by atoms with Gasteiger partial charge in [0.1, 0.15) is 0 Å². The van der Waals surface area contributed by atoms with Crippen molar-refractivity contribution in [2.75, 3.05) is 13.1 Å². The summed E-state index contributed by atoms with van der Waals surface area (Å²) in [5, 5.41) is 8.71. The lowest BCUT2D eigenvalue weighted by Crippen LogP contribution is -2.39. The Labute approximate surface area is 103 Å². The zero-order valence-electron chi connectivity index (χ0n) is 11.0. The van der Waals surface area contributed by atoms with Gasteiger partial charge in [0.15, 0.2) is 0 Å². The van der Waals surface area contributed by atoms with Gasteiger partial charge >= 0.3 is 5.97 Å². The molecule has 5 heteroatoms. The van der Waals surface area contributed by atoms with Crippen molar-refractivity contribution in [3.8, 4) is 0 Å². The molecular weight excluding hydrogens is 220 g/mol. The average molecular weight is 244 g/mol. The van der Waals surface area contributed by atoms with Crippen LogP contribution in [0.1, 0.15) is 40.0 Å². The predicted octanol–water partition coefficient (Wildman–Crippen LogP) is 1.07. The first-order valence-electron chi connectivity index (χ1n) is 6.13. The number of nitrogens with two attached hydrogens (primary N) is 1. The van der Waals surface area contributed by atoms with E-state index in [9.17, 15) is 9.59 Å². The molecule has 17 heavy (non-hydrogen) atoms. The molecule has 0 bridgehead atoms. The van der Waals surface area contributed by atoms with Gasteiger partial charge < -0.3 is 15.7 Å².